The average Bonchev–Trinajstić information content (AvgIpc) is 2.53. The summed E-state index contributed by atoms with van der Waals surface area (Å²) in [6.45, 7) is 4.05. The van der Waals surface area contributed by atoms with Gasteiger partial charge in [-0.15, -0.1) is 0 Å². The molecule has 4 nitrogen and oxygen atoms in total. The Morgan fingerprint density at radius 2 is 1.77 bits per heavy atom. The summed E-state index contributed by atoms with van der Waals surface area (Å²) in [5.41, 5.74) is 1.66. The maximum atomic E-state index is 12.6. The Kier molecular flexibility index (Phi) is 5.55. The van der Waals surface area contributed by atoms with Crippen LogP contribution in [0.25, 0.3) is 0 Å². The molecule has 0 aliphatic carbocycles. The fourth-order valence-corrected chi connectivity index (χ4v) is 2.22. The molecule has 2 aromatic carbocycles. The van der Waals surface area contributed by atoms with E-state index in [0.717, 1.165) is 11.3 Å². The first-order valence-electron chi connectivity index (χ1n) is 7.36. The van der Waals surface area contributed by atoms with Crippen molar-refractivity contribution in [2.45, 2.75) is 25.9 Å². The largest absolute Gasteiger partial charge is 0.497 e. The number of amides is 1. The van der Waals surface area contributed by atoms with Gasteiger partial charge in [-0.2, -0.15) is 0 Å². The zero-order valence-electron chi connectivity index (χ0n) is 13.2. The molecule has 22 heavy (non-hydrogen) atoms. The second-order valence-electron chi connectivity index (χ2n) is 5.39. The van der Waals surface area contributed by atoms with Crippen molar-refractivity contribution >= 4 is 11.6 Å². The molecule has 4 heteroatoms. The van der Waals surface area contributed by atoms with E-state index in [9.17, 15) is 4.79 Å². The lowest BCUT2D eigenvalue weighted by Crippen LogP contribution is -2.36. The Bertz CT molecular complexity index is 611. The van der Waals surface area contributed by atoms with Crippen LogP contribution in [0.15, 0.2) is 54.6 Å². The van der Waals surface area contributed by atoms with Crippen LogP contribution in [0.5, 0.6) is 5.75 Å². The van der Waals surface area contributed by atoms with Crippen LogP contribution in [0.2, 0.25) is 0 Å². The number of nitrogens with one attached hydrogen (secondary N) is 2. The van der Waals surface area contributed by atoms with Gasteiger partial charge in [-0.05, 0) is 31.5 Å². The summed E-state index contributed by atoms with van der Waals surface area (Å²) >= 11 is 0. The number of carbonyl (C=O) groups is 1. The van der Waals surface area contributed by atoms with Crippen LogP contribution in [-0.4, -0.2) is 19.1 Å². The molecule has 0 saturated heterocycles. The van der Waals surface area contributed by atoms with Gasteiger partial charge in [0.2, 0.25) is 5.91 Å². The van der Waals surface area contributed by atoms with Gasteiger partial charge >= 0.3 is 0 Å². The van der Waals surface area contributed by atoms with Crippen LogP contribution in [-0.2, 0) is 4.79 Å². The molecule has 1 amide bonds. The van der Waals surface area contributed by atoms with Crippen molar-refractivity contribution in [1.82, 2.24) is 5.32 Å². The number of methoxy groups -OCH3 is 1. The molecule has 0 radical (unpaired) electrons. The molecule has 2 N–H and O–H groups in total. The van der Waals surface area contributed by atoms with Crippen LogP contribution in [0.4, 0.5) is 5.69 Å². The van der Waals surface area contributed by atoms with Gasteiger partial charge < -0.3 is 10.1 Å². The van der Waals surface area contributed by atoms with Crippen molar-refractivity contribution in [2.75, 3.05) is 12.4 Å². The Morgan fingerprint density at radius 1 is 1.05 bits per heavy atom. The van der Waals surface area contributed by atoms with Gasteiger partial charge in [0.25, 0.3) is 0 Å². The van der Waals surface area contributed by atoms with E-state index in [2.05, 4.69) is 10.6 Å². The van der Waals surface area contributed by atoms with Gasteiger partial charge in [-0.3, -0.25) is 10.1 Å². The number of ether oxygens (including phenoxy) is 1. The summed E-state index contributed by atoms with van der Waals surface area (Å²) in [4.78, 5) is 12.6. The minimum Gasteiger partial charge on any atom is -0.497 e. The number of hydrogen-bond donors (Lipinski definition) is 2. The molecule has 0 saturated carbocycles. The van der Waals surface area contributed by atoms with Crippen LogP contribution in [0.3, 0.4) is 0 Å². The SMILES string of the molecule is COc1cccc(NC(=O)[C@@H](NC(C)C)c2ccccc2)c1. The molecular formula is C18H22N2O2. The van der Waals surface area contributed by atoms with Gasteiger partial charge in [0, 0.05) is 17.8 Å². The molecule has 1 atom stereocenters. The first-order chi connectivity index (χ1) is 10.6. The fraction of sp³-hybridized carbons (Fsp3) is 0.278. The zero-order valence-corrected chi connectivity index (χ0v) is 13.2. The monoisotopic (exact) mass is 298 g/mol. The highest BCUT2D eigenvalue weighted by Gasteiger charge is 2.21. The van der Waals surface area contributed by atoms with Gasteiger partial charge in [-0.1, -0.05) is 36.4 Å². The summed E-state index contributed by atoms with van der Waals surface area (Å²) in [5, 5.41) is 6.24. The molecule has 2 aromatic rings. The predicted octanol–water partition coefficient (Wildman–Crippen LogP) is 3.37. The van der Waals surface area contributed by atoms with Gasteiger partial charge in [0.05, 0.1) is 7.11 Å². The van der Waals surface area contributed by atoms with E-state index in [4.69, 9.17) is 4.74 Å². The standard InChI is InChI=1S/C18H22N2O2/c1-13(2)19-17(14-8-5-4-6-9-14)18(21)20-15-10-7-11-16(12-15)22-3/h4-13,17,19H,1-3H3,(H,20,21)/t17-/m0/s1. The minimum absolute atomic E-state index is 0.0897. The molecule has 0 bridgehead atoms. The number of anilines is 1. The predicted molar refractivity (Wildman–Crippen MR) is 89.1 cm³/mol. The molecule has 0 unspecified atom stereocenters. The summed E-state index contributed by atoms with van der Waals surface area (Å²) in [6.07, 6.45) is 0. The summed E-state index contributed by atoms with van der Waals surface area (Å²) < 4.78 is 5.18. The normalized spacial score (nSPS) is 12.0. The Balaban J connectivity index is 2.18. The zero-order chi connectivity index (χ0) is 15.9. The molecule has 0 spiro atoms. The van der Waals surface area contributed by atoms with E-state index in [0.29, 0.717) is 5.75 Å². The van der Waals surface area contributed by atoms with Crippen molar-refractivity contribution in [3.8, 4) is 5.75 Å². The number of rotatable bonds is 6. The minimum atomic E-state index is -0.396. The van der Waals surface area contributed by atoms with Crippen LogP contribution in [0.1, 0.15) is 25.5 Å². The highest BCUT2D eigenvalue weighted by molar-refractivity contribution is 5.95. The van der Waals surface area contributed by atoms with E-state index in [1.165, 1.54) is 0 Å². The first-order valence-corrected chi connectivity index (χ1v) is 7.36. The Labute approximate surface area is 131 Å². The molecule has 116 valence electrons. The third-order valence-electron chi connectivity index (χ3n) is 3.23. The topological polar surface area (TPSA) is 50.4 Å². The van der Waals surface area contributed by atoms with E-state index in [1.807, 2.05) is 62.4 Å². The fourth-order valence-electron chi connectivity index (χ4n) is 2.22. The van der Waals surface area contributed by atoms with Crippen molar-refractivity contribution in [2.24, 2.45) is 0 Å². The highest BCUT2D eigenvalue weighted by Crippen LogP contribution is 2.20. The molecular weight excluding hydrogens is 276 g/mol. The summed E-state index contributed by atoms with van der Waals surface area (Å²) in [7, 11) is 1.61. The van der Waals surface area contributed by atoms with Crippen LogP contribution >= 0.6 is 0 Å². The lowest BCUT2D eigenvalue weighted by atomic mass is 10.1. The maximum absolute atomic E-state index is 12.6. The van der Waals surface area contributed by atoms with Crippen molar-refractivity contribution < 1.29 is 9.53 Å². The average molecular weight is 298 g/mol. The lowest BCUT2D eigenvalue weighted by Gasteiger charge is -2.21. The Hall–Kier alpha value is -2.33. The summed E-state index contributed by atoms with van der Waals surface area (Å²) in [5.74, 6) is 0.624. The van der Waals surface area contributed by atoms with Crippen LogP contribution in [0, 0.1) is 0 Å². The second kappa shape index (κ2) is 7.61. The van der Waals surface area contributed by atoms with E-state index < -0.39 is 6.04 Å². The summed E-state index contributed by atoms with van der Waals surface area (Å²) in [6, 6.07) is 16.8. The second-order valence-corrected chi connectivity index (χ2v) is 5.39. The Morgan fingerprint density at radius 3 is 2.41 bits per heavy atom. The van der Waals surface area contributed by atoms with E-state index in [1.54, 1.807) is 13.2 Å². The van der Waals surface area contributed by atoms with Gasteiger partial charge in [0.15, 0.2) is 0 Å². The number of carbonyl (C=O) groups excluding carboxylic acids is 1. The molecule has 0 aromatic heterocycles. The quantitative estimate of drug-likeness (QED) is 0.859. The third-order valence-corrected chi connectivity index (χ3v) is 3.23. The molecule has 0 aliphatic heterocycles. The highest BCUT2D eigenvalue weighted by atomic mass is 16.5. The molecule has 2 rings (SSSR count). The van der Waals surface area contributed by atoms with Crippen molar-refractivity contribution in [3.05, 3.63) is 60.2 Å². The van der Waals surface area contributed by atoms with Crippen molar-refractivity contribution in [1.29, 1.82) is 0 Å². The molecule has 0 heterocycles. The first kappa shape index (κ1) is 16.0. The number of benzene rings is 2. The van der Waals surface area contributed by atoms with Crippen LogP contribution < -0.4 is 15.4 Å². The number of hydrogen-bond acceptors (Lipinski definition) is 3. The van der Waals surface area contributed by atoms with Gasteiger partial charge in [0.1, 0.15) is 11.8 Å². The maximum Gasteiger partial charge on any atom is 0.246 e. The van der Waals surface area contributed by atoms with Gasteiger partial charge in [-0.25, -0.2) is 0 Å². The third kappa shape index (κ3) is 4.33. The van der Waals surface area contributed by atoms with E-state index in [-0.39, 0.29) is 11.9 Å². The smallest absolute Gasteiger partial charge is 0.246 e. The van der Waals surface area contributed by atoms with E-state index >= 15 is 0 Å². The molecule has 0 aliphatic rings. The lowest BCUT2D eigenvalue weighted by molar-refractivity contribution is -0.118. The van der Waals surface area contributed by atoms with Crippen molar-refractivity contribution in [3.63, 3.8) is 0 Å². The molecule has 0 fully saturated rings.